The van der Waals surface area contributed by atoms with Crippen molar-refractivity contribution in [3.8, 4) is 11.3 Å². The smallest absolute Gasteiger partial charge is 0.321 e. The van der Waals surface area contributed by atoms with Crippen LogP contribution in [0.3, 0.4) is 0 Å². The van der Waals surface area contributed by atoms with E-state index in [2.05, 4.69) is 15.6 Å². The van der Waals surface area contributed by atoms with Gasteiger partial charge in [0, 0.05) is 12.1 Å². The number of rotatable bonds is 6. The van der Waals surface area contributed by atoms with E-state index < -0.39 is 11.9 Å². The number of carbonyl (C=O) groups excluding carboxylic acids is 2. The van der Waals surface area contributed by atoms with E-state index in [0.29, 0.717) is 17.5 Å². The molecule has 0 unspecified atom stereocenters. The molecule has 0 spiro atoms. The van der Waals surface area contributed by atoms with Crippen molar-refractivity contribution >= 4 is 23.7 Å². The van der Waals surface area contributed by atoms with E-state index in [4.69, 9.17) is 4.42 Å². The second-order valence-electron chi connectivity index (χ2n) is 4.45. The van der Waals surface area contributed by atoms with Crippen LogP contribution in [0.2, 0.25) is 0 Å². The predicted octanol–water partition coefficient (Wildman–Crippen LogP) is 2.67. The van der Waals surface area contributed by atoms with Crippen LogP contribution in [-0.4, -0.2) is 29.2 Å². The number of thioether (sulfide) groups is 1. The van der Waals surface area contributed by atoms with Crippen LogP contribution in [0.4, 0.5) is 4.79 Å². The van der Waals surface area contributed by atoms with E-state index >= 15 is 0 Å². The molecule has 0 atom stereocenters. The lowest BCUT2D eigenvalue weighted by Gasteiger charge is -2.04. The molecule has 6 nitrogen and oxygen atoms in total. The van der Waals surface area contributed by atoms with Gasteiger partial charge in [0.2, 0.25) is 5.91 Å². The van der Waals surface area contributed by atoms with Crippen molar-refractivity contribution in [3.05, 3.63) is 36.5 Å². The fourth-order valence-corrected chi connectivity index (χ4v) is 2.24. The zero-order chi connectivity index (χ0) is 15.8. The SMILES string of the molecule is CCCNC(=O)NC(=O)CSc1ncc(-c2ccccc2)o1. The van der Waals surface area contributed by atoms with Gasteiger partial charge in [-0.05, 0) is 6.42 Å². The molecule has 0 radical (unpaired) electrons. The molecule has 1 aromatic carbocycles. The van der Waals surface area contributed by atoms with Gasteiger partial charge in [-0.25, -0.2) is 9.78 Å². The minimum absolute atomic E-state index is 0.0638. The molecule has 2 N–H and O–H groups in total. The molecule has 0 bridgehead atoms. The van der Waals surface area contributed by atoms with Gasteiger partial charge in [0.25, 0.3) is 5.22 Å². The summed E-state index contributed by atoms with van der Waals surface area (Å²) in [5, 5.41) is 5.20. The zero-order valence-electron chi connectivity index (χ0n) is 12.2. The van der Waals surface area contributed by atoms with Gasteiger partial charge in [0.05, 0.1) is 11.9 Å². The first-order valence-electron chi connectivity index (χ1n) is 6.90. The van der Waals surface area contributed by atoms with E-state index in [1.54, 1.807) is 6.20 Å². The Morgan fingerprint density at radius 2 is 2.05 bits per heavy atom. The van der Waals surface area contributed by atoms with Gasteiger partial charge >= 0.3 is 6.03 Å². The van der Waals surface area contributed by atoms with E-state index in [1.807, 2.05) is 37.3 Å². The molecule has 0 saturated heterocycles. The predicted molar refractivity (Wildman–Crippen MR) is 84.5 cm³/mol. The molecular weight excluding hydrogens is 302 g/mol. The van der Waals surface area contributed by atoms with Gasteiger partial charge in [-0.2, -0.15) is 0 Å². The number of aromatic nitrogens is 1. The topological polar surface area (TPSA) is 84.2 Å². The van der Waals surface area contributed by atoms with Crippen LogP contribution in [0.1, 0.15) is 13.3 Å². The summed E-state index contributed by atoms with van der Waals surface area (Å²) in [6.07, 6.45) is 2.43. The van der Waals surface area contributed by atoms with Crippen molar-refractivity contribution in [1.82, 2.24) is 15.6 Å². The van der Waals surface area contributed by atoms with Crippen molar-refractivity contribution in [3.63, 3.8) is 0 Å². The van der Waals surface area contributed by atoms with Crippen LogP contribution in [-0.2, 0) is 4.79 Å². The normalized spacial score (nSPS) is 10.2. The molecule has 2 aromatic rings. The molecule has 0 aliphatic carbocycles. The number of benzene rings is 1. The molecule has 0 aliphatic rings. The highest BCUT2D eigenvalue weighted by Gasteiger charge is 2.11. The van der Waals surface area contributed by atoms with Crippen LogP contribution in [0, 0.1) is 0 Å². The lowest BCUT2D eigenvalue weighted by molar-refractivity contribution is -0.117. The van der Waals surface area contributed by atoms with E-state index in [0.717, 1.165) is 23.7 Å². The molecule has 116 valence electrons. The number of imide groups is 1. The summed E-state index contributed by atoms with van der Waals surface area (Å²) in [6, 6.07) is 9.09. The number of hydrogen-bond donors (Lipinski definition) is 2. The Hall–Kier alpha value is -2.28. The van der Waals surface area contributed by atoms with Crippen LogP contribution in [0.5, 0.6) is 0 Å². The maximum absolute atomic E-state index is 11.6. The van der Waals surface area contributed by atoms with Crippen LogP contribution in [0.25, 0.3) is 11.3 Å². The first-order valence-corrected chi connectivity index (χ1v) is 7.89. The molecule has 0 aliphatic heterocycles. The first kappa shape index (κ1) is 16.1. The van der Waals surface area contributed by atoms with Gasteiger partial charge in [0.15, 0.2) is 5.76 Å². The van der Waals surface area contributed by atoms with Gasteiger partial charge in [-0.3, -0.25) is 10.1 Å². The minimum atomic E-state index is -0.482. The minimum Gasteiger partial charge on any atom is -0.431 e. The lowest BCUT2D eigenvalue weighted by atomic mass is 10.2. The van der Waals surface area contributed by atoms with Crippen LogP contribution in [0.15, 0.2) is 46.2 Å². The standard InChI is InChI=1S/C15H17N3O3S/c1-2-8-16-14(20)18-13(19)10-22-15-17-9-12(21-15)11-6-4-3-5-7-11/h3-7,9H,2,8,10H2,1H3,(H2,16,18,19,20). The second-order valence-corrected chi connectivity index (χ2v) is 5.38. The van der Waals surface area contributed by atoms with Crippen LogP contribution < -0.4 is 10.6 Å². The maximum Gasteiger partial charge on any atom is 0.321 e. The Balaban J connectivity index is 1.81. The van der Waals surface area contributed by atoms with Gasteiger partial charge in [-0.15, -0.1) is 0 Å². The summed E-state index contributed by atoms with van der Waals surface area (Å²) < 4.78 is 5.56. The van der Waals surface area contributed by atoms with E-state index in [1.165, 1.54) is 0 Å². The third-order valence-corrected chi connectivity index (χ3v) is 3.50. The van der Waals surface area contributed by atoms with Gasteiger partial charge in [-0.1, -0.05) is 49.0 Å². The number of urea groups is 1. The number of nitrogens with one attached hydrogen (secondary N) is 2. The van der Waals surface area contributed by atoms with Crippen LogP contribution >= 0.6 is 11.8 Å². The molecule has 3 amide bonds. The summed E-state index contributed by atoms with van der Waals surface area (Å²) in [6.45, 7) is 2.47. The molecule has 0 fully saturated rings. The number of amides is 3. The summed E-state index contributed by atoms with van der Waals surface area (Å²) in [5.74, 6) is 0.316. The molecule has 2 rings (SSSR count). The Labute approximate surface area is 132 Å². The Morgan fingerprint density at radius 1 is 1.27 bits per heavy atom. The quantitative estimate of drug-likeness (QED) is 0.800. The van der Waals surface area contributed by atoms with Gasteiger partial charge in [0.1, 0.15) is 0 Å². The fourth-order valence-electron chi connectivity index (χ4n) is 1.63. The third-order valence-electron chi connectivity index (χ3n) is 2.66. The Morgan fingerprint density at radius 3 is 2.77 bits per heavy atom. The molecular formula is C15H17N3O3S. The second kappa shape index (κ2) is 8.23. The summed E-state index contributed by atoms with van der Waals surface area (Å²) >= 11 is 1.14. The number of hydrogen-bond acceptors (Lipinski definition) is 5. The zero-order valence-corrected chi connectivity index (χ0v) is 13.0. The molecule has 1 aromatic heterocycles. The number of carbonyl (C=O) groups is 2. The summed E-state index contributed by atoms with van der Waals surface area (Å²) in [4.78, 5) is 27.0. The fraction of sp³-hybridized carbons (Fsp3) is 0.267. The van der Waals surface area contributed by atoms with Crippen molar-refractivity contribution < 1.29 is 14.0 Å². The van der Waals surface area contributed by atoms with Crippen molar-refractivity contribution in [2.75, 3.05) is 12.3 Å². The third kappa shape index (κ3) is 4.92. The highest BCUT2D eigenvalue weighted by atomic mass is 32.2. The van der Waals surface area contributed by atoms with E-state index in [9.17, 15) is 9.59 Å². The number of oxazole rings is 1. The average Bonchev–Trinajstić information content (AvgIpc) is 3.01. The van der Waals surface area contributed by atoms with Crippen molar-refractivity contribution in [1.29, 1.82) is 0 Å². The monoisotopic (exact) mass is 319 g/mol. The van der Waals surface area contributed by atoms with Crippen molar-refractivity contribution in [2.24, 2.45) is 0 Å². The van der Waals surface area contributed by atoms with Crippen molar-refractivity contribution in [2.45, 2.75) is 18.6 Å². The maximum atomic E-state index is 11.6. The Kier molecular flexibility index (Phi) is 6.02. The first-order chi connectivity index (χ1) is 10.7. The highest BCUT2D eigenvalue weighted by Crippen LogP contribution is 2.24. The lowest BCUT2D eigenvalue weighted by Crippen LogP contribution is -2.40. The summed E-state index contributed by atoms with van der Waals surface area (Å²) in [7, 11) is 0. The largest absolute Gasteiger partial charge is 0.431 e. The number of nitrogens with zero attached hydrogens (tertiary/aromatic N) is 1. The molecule has 22 heavy (non-hydrogen) atoms. The van der Waals surface area contributed by atoms with Gasteiger partial charge < -0.3 is 9.73 Å². The average molecular weight is 319 g/mol. The highest BCUT2D eigenvalue weighted by molar-refractivity contribution is 7.99. The Bertz CT molecular complexity index is 628. The molecule has 7 heteroatoms. The molecule has 1 heterocycles. The molecule has 0 saturated carbocycles. The van der Waals surface area contributed by atoms with E-state index in [-0.39, 0.29) is 5.75 Å². The summed E-state index contributed by atoms with van der Waals surface area (Å²) in [5.41, 5.74) is 0.922.